The van der Waals surface area contributed by atoms with Gasteiger partial charge in [-0.3, -0.25) is 5.10 Å². The number of aromatic nitrogens is 2. The van der Waals surface area contributed by atoms with E-state index in [0.717, 1.165) is 40.7 Å². The van der Waals surface area contributed by atoms with E-state index < -0.39 is 0 Å². The third-order valence-corrected chi connectivity index (χ3v) is 4.73. The largest absolute Gasteiger partial charge is 0.497 e. The predicted octanol–water partition coefficient (Wildman–Crippen LogP) is 3.62. The van der Waals surface area contributed by atoms with E-state index in [9.17, 15) is 0 Å². The molecule has 2 aromatic carbocycles. The summed E-state index contributed by atoms with van der Waals surface area (Å²) in [6.45, 7) is 0.710. The molecule has 0 atom stereocenters. The summed E-state index contributed by atoms with van der Waals surface area (Å²) in [6, 6.07) is 12.0. The van der Waals surface area contributed by atoms with Crippen molar-refractivity contribution >= 4 is 5.82 Å². The Balaban J connectivity index is 1.56. The number of nitrogens with zero attached hydrogens (tertiary/aromatic N) is 1. The van der Waals surface area contributed by atoms with Gasteiger partial charge in [0, 0.05) is 24.1 Å². The second kappa shape index (κ2) is 6.63. The van der Waals surface area contributed by atoms with Crippen LogP contribution < -0.4 is 19.5 Å². The molecule has 0 saturated carbocycles. The lowest BCUT2D eigenvalue weighted by molar-refractivity contribution is 0.355. The minimum atomic E-state index is 0.710. The zero-order valence-electron chi connectivity index (χ0n) is 15.1. The Labute approximate surface area is 152 Å². The lowest BCUT2D eigenvalue weighted by Gasteiger charge is -2.10. The molecule has 6 heteroatoms. The van der Waals surface area contributed by atoms with Gasteiger partial charge in [0.2, 0.25) is 0 Å². The van der Waals surface area contributed by atoms with Gasteiger partial charge in [0.05, 0.1) is 27.0 Å². The highest BCUT2D eigenvalue weighted by molar-refractivity contribution is 5.80. The Kier molecular flexibility index (Phi) is 4.16. The van der Waals surface area contributed by atoms with E-state index in [1.165, 1.54) is 16.7 Å². The maximum atomic E-state index is 5.42. The fraction of sp³-hybridized carbons (Fsp3) is 0.250. The molecule has 0 spiro atoms. The molecule has 0 amide bonds. The Morgan fingerprint density at radius 1 is 1.00 bits per heavy atom. The van der Waals surface area contributed by atoms with Crippen LogP contribution in [-0.2, 0) is 13.0 Å². The van der Waals surface area contributed by atoms with E-state index in [1.807, 2.05) is 36.4 Å². The molecule has 1 aromatic heterocycles. The highest BCUT2D eigenvalue weighted by Crippen LogP contribution is 2.43. The van der Waals surface area contributed by atoms with Crippen LogP contribution in [0.15, 0.2) is 36.4 Å². The number of hydrogen-bond acceptors (Lipinski definition) is 5. The number of methoxy groups -OCH3 is 3. The quantitative estimate of drug-likeness (QED) is 0.555. The van der Waals surface area contributed by atoms with E-state index in [1.54, 1.807) is 21.3 Å². The van der Waals surface area contributed by atoms with Crippen molar-refractivity contribution in [3.63, 3.8) is 0 Å². The fourth-order valence-corrected chi connectivity index (χ4v) is 3.32. The zero-order chi connectivity index (χ0) is 18.1. The lowest BCUT2D eigenvalue weighted by atomic mass is 10.1. The monoisotopic (exact) mass is 351 g/mol. The molecular formula is C20H21N3O3. The number of anilines is 1. The molecule has 1 aliphatic rings. The Morgan fingerprint density at radius 3 is 2.42 bits per heavy atom. The number of ether oxygens (including phenoxy) is 3. The Bertz CT molecular complexity index is 932. The van der Waals surface area contributed by atoms with Crippen molar-refractivity contribution in [2.24, 2.45) is 0 Å². The molecule has 6 nitrogen and oxygen atoms in total. The summed E-state index contributed by atoms with van der Waals surface area (Å²) in [7, 11) is 4.97. The number of rotatable bonds is 6. The summed E-state index contributed by atoms with van der Waals surface area (Å²) in [5.74, 6) is 3.27. The molecule has 4 rings (SSSR count). The number of benzene rings is 2. The minimum Gasteiger partial charge on any atom is -0.497 e. The predicted molar refractivity (Wildman–Crippen MR) is 100 cm³/mol. The van der Waals surface area contributed by atoms with Gasteiger partial charge in [-0.15, -0.1) is 0 Å². The second-order valence-electron chi connectivity index (χ2n) is 6.17. The van der Waals surface area contributed by atoms with Gasteiger partial charge in [-0.2, -0.15) is 5.10 Å². The maximum absolute atomic E-state index is 5.42. The van der Waals surface area contributed by atoms with Crippen LogP contribution in [0.25, 0.3) is 11.3 Å². The summed E-state index contributed by atoms with van der Waals surface area (Å²) in [5, 5.41) is 11.1. The molecule has 134 valence electrons. The van der Waals surface area contributed by atoms with Crippen molar-refractivity contribution < 1.29 is 14.2 Å². The highest BCUT2D eigenvalue weighted by atomic mass is 16.5. The van der Waals surface area contributed by atoms with Crippen LogP contribution in [0.4, 0.5) is 5.82 Å². The first-order valence-corrected chi connectivity index (χ1v) is 8.42. The van der Waals surface area contributed by atoms with Crippen molar-refractivity contribution in [3.8, 4) is 28.5 Å². The van der Waals surface area contributed by atoms with Gasteiger partial charge in [0.15, 0.2) is 11.5 Å². The molecule has 0 fully saturated rings. The molecule has 2 N–H and O–H groups in total. The average molecular weight is 351 g/mol. The molecule has 3 aromatic rings. The molecule has 1 heterocycles. The maximum Gasteiger partial charge on any atom is 0.161 e. The number of aromatic amines is 1. The number of hydrogen-bond donors (Lipinski definition) is 2. The topological polar surface area (TPSA) is 68.4 Å². The first kappa shape index (κ1) is 16.3. The van der Waals surface area contributed by atoms with Crippen LogP contribution >= 0.6 is 0 Å². The van der Waals surface area contributed by atoms with Crippen LogP contribution in [0.1, 0.15) is 16.7 Å². The van der Waals surface area contributed by atoms with E-state index in [-0.39, 0.29) is 0 Å². The van der Waals surface area contributed by atoms with Crippen LogP contribution in [0.5, 0.6) is 17.2 Å². The summed E-state index contributed by atoms with van der Waals surface area (Å²) in [4.78, 5) is 0. The van der Waals surface area contributed by atoms with Gasteiger partial charge in [-0.25, -0.2) is 0 Å². The van der Waals surface area contributed by atoms with Gasteiger partial charge < -0.3 is 19.5 Å². The van der Waals surface area contributed by atoms with Gasteiger partial charge in [-0.1, -0.05) is 12.1 Å². The van der Waals surface area contributed by atoms with E-state index in [0.29, 0.717) is 6.54 Å². The van der Waals surface area contributed by atoms with Crippen LogP contribution in [0, 0.1) is 0 Å². The Hall–Kier alpha value is -3.15. The van der Waals surface area contributed by atoms with Gasteiger partial charge in [0.25, 0.3) is 0 Å². The SMILES string of the molecule is COc1ccc(CNc2[nH]nc3c2Cc2cc(OC)c(OC)cc2-3)cc1. The second-order valence-corrected chi connectivity index (χ2v) is 6.17. The summed E-state index contributed by atoms with van der Waals surface area (Å²) < 4.78 is 16.0. The normalized spacial score (nSPS) is 11.7. The zero-order valence-corrected chi connectivity index (χ0v) is 15.1. The highest BCUT2D eigenvalue weighted by Gasteiger charge is 2.26. The van der Waals surface area contributed by atoms with E-state index >= 15 is 0 Å². The molecule has 0 saturated heterocycles. The summed E-state index contributed by atoms with van der Waals surface area (Å²) in [6.07, 6.45) is 0.812. The van der Waals surface area contributed by atoms with Crippen molar-refractivity contribution in [1.29, 1.82) is 0 Å². The number of nitrogens with one attached hydrogen (secondary N) is 2. The van der Waals surface area contributed by atoms with Gasteiger partial charge in [-0.05, 0) is 35.4 Å². The summed E-state index contributed by atoms with van der Waals surface area (Å²) >= 11 is 0. The molecular weight excluding hydrogens is 330 g/mol. The lowest BCUT2D eigenvalue weighted by Crippen LogP contribution is -2.02. The smallest absolute Gasteiger partial charge is 0.161 e. The van der Waals surface area contributed by atoms with E-state index in [4.69, 9.17) is 14.2 Å². The fourth-order valence-electron chi connectivity index (χ4n) is 3.32. The van der Waals surface area contributed by atoms with Crippen molar-refractivity contribution in [2.75, 3.05) is 26.6 Å². The third kappa shape index (κ3) is 2.73. The Morgan fingerprint density at radius 2 is 1.73 bits per heavy atom. The van der Waals surface area contributed by atoms with Crippen molar-refractivity contribution in [1.82, 2.24) is 10.2 Å². The van der Waals surface area contributed by atoms with Gasteiger partial charge >= 0.3 is 0 Å². The van der Waals surface area contributed by atoms with Crippen LogP contribution in [-0.4, -0.2) is 31.5 Å². The van der Waals surface area contributed by atoms with Crippen molar-refractivity contribution in [3.05, 3.63) is 53.1 Å². The first-order chi connectivity index (χ1) is 12.7. The number of H-pyrrole nitrogens is 1. The minimum absolute atomic E-state index is 0.710. The number of fused-ring (bicyclic) bond motifs is 3. The average Bonchev–Trinajstić information content (AvgIpc) is 3.24. The third-order valence-electron chi connectivity index (χ3n) is 4.73. The first-order valence-electron chi connectivity index (χ1n) is 8.42. The molecule has 1 aliphatic carbocycles. The van der Waals surface area contributed by atoms with Crippen molar-refractivity contribution in [2.45, 2.75) is 13.0 Å². The van der Waals surface area contributed by atoms with Crippen LogP contribution in [0.2, 0.25) is 0 Å². The van der Waals surface area contributed by atoms with Gasteiger partial charge in [0.1, 0.15) is 11.6 Å². The standard InChI is InChI=1S/C20H21N3O3/c1-24-14-6-4-12(5-7-14)11-21-20-16-8-13-9-17(25-2)18(26-3)10-15(13)19(16)22-23-20/h4-7,9-10H,8,11H2,1-3H3,(H2,21,22,23). The van der Waals surface area contributed by atoms with E-state index in [2.05, 4.69) is 15.5 Å². The molecule has 26 heavy (non-hydrogen) atoms. The molecule has 0 radical (unpaired) electrons. The molecule has 0 bridgehead atoms. The van der Waals surface area contributed by atoms with Crippen LogP contribution in [0.3, 0.4) is 0 Å². The summed E-state index contributed by atoms with van der Waals surface area (Å²) in [5.41, 5.74) is 5.60. The molecule has 0 unspecified atom stereocenters. The molecule has 0 aliphatic heterocycles.